The first kappa shape index (κ1) is 12.6. The van der Waals surface area contributed by atoms with Crippen molar-refractivity contribution in [2.45, 2.75) is 19.4 Å². The molecular weight excluding hydrogens is 233 g/mol. The number of halogens is 1. The number of aromatic nitrogens is 2. The lowest BCUT2D eigenvalue weighted by molar-refractivity contribution is 0.463. The molecule has 1 heterocycles. The summed E-state index contributed by atoms with van der Waals surface area (Å²) in [7, 11) is 0. The lowest BCUT2D eigenvalue weighted by Crippen LogP contribution is -2.22. The number of H-pyrrole nitrogens is 1. The number of imidazole rings is 1. The molecule has 18 heavy (non-hydrogen) atoms. The number of hydrogen-bond acceptors (Lipinski definition) is 3. The van der Waals surface area contributed by atoms with Crippen LogP contribution >= 0.6 is 0 Å². The van der Waals surface area contributed by atoms with Gasteiger partial charge in [-0.3, -0.25) is 0 Å². The fourth-order valence-corrected chi connectivity index (χ4v) is 1.82. The number of nitrogens with zero attached hydrogens (tertiary/aromatic N) is 1. The molecule has 0 aliphatic heterocycles. The van der Waals surface area contributed by atoms with Crippen LogP contribution in [0.3, 0.4) is 0 Å². The molecule has 3 N–H and O–H groups in total. The smallest absolute Gasteiger partial charge is 0.131 e. The highest BCUT2D eigenvalue weighted by molar-refractivity contribution is 5.29. The molecule has 1 aromatic heterocycles. The topological polar surface area (TPSA) is 60.9 Å². The molecule has 4 nitrogen and oxygen atoms in total. The number of rotatable bonds is 5. The number of benzene rings is 1. The van der Waals surface area contributed by atoms with Crippen molar-refractivity contribution in [1.29, 1.82) is 0 Å². The Hall–Kier alpha value is -1.88. The molecule has 0 aliphatic rings. The second kappa shape index (κ2) is 5.64. The minimum atomic E-state index is -0.395. The zero-order chi connectivity index (χ0) is 13.0. The van der Waals surface area contributed by atoms with Gasteiger partial charge in [-0.25, -0.2) is 9.37 Å². The highest BCUT2D eigenvalue weighted by Crippen LogP contribution is 2.20. The van der Waals surface area contributed by atoms with Gasteiger partial charge in [0.15, 0.2) is 0 Å². The Kier molecular flexibility index (Phi) is 3.94. The molecule has 2 rings (SSSR count). The van der Waals surface area contributed by atoms with E-state index in [2.05, 4.69) is 15.3 Å². The van der Waals surface area contributed by atoms with Gasteiger partial charge in [-0.1, -0.05) is 6.07 Å². The summed E-state index contributed by atoms with van der Waals surface area (Å²) in [5.41, 5.74) is 0.548. The molecule has 1 aromatic carbocycles. The van der Waals surface area contributed by atoms with E-state index in [-0.39, 0.29) is 11.8 Å². The van der Waals surface area contributed by atoms with E-state index in [1.807, 2.05) is 6.92 Å². The summed E-state index contributed by atoms with van der Waals surface area (Å²) in [5.74, 6) is 0.452. The van der Waals surface area contributed by atoms with Crippen LogP contribution in [0.5, 0.6) is 5.75 Å². The molecular formula is C13H16FN3O. The Balaban J connectivity index is 1.89. The Morgan fingerprint density at radius 1 is 1.50 bits per heavy atom. The summed E-state index contributed by atoms with van der Waals surface area (Å²) in [5, 5.41) is 12.4. The molecule has 0 bridgehead atoms. The van der Waals surface area contributed by atoms with Crippen LogP contribution < -0.4 is 5.32 Å². The molecule has 0 amide bonds. The summed E-state index contributed by atoms with van der Waals surface area (Å²) in [6, 6.07) is 4.10. The minimum absolute atomic E-state index is 0.0564. The predicted octanol–water partition coefficient (Wildman–Crippen LogP) is 2.15. The second-order valence-electron chi connectivity index (χ2n) is 4.17. The summed E-state index contributed by atoms with van der Waals surface area (Å²) < 4.78 is 13.6. The van der Waals surface area contributed by atoms with E-state index in [1.54, 1.807) is 18.5 Å². The van der Waals surface area contributed by atoms with E-state index in [0.29, 0.717) is 12.1 Å². The lowest BCUT2D eigenvalue weighted by Gasteiger charge is -2.14. The van der Waals surface area contributed by atoms with E-state index in [0.717, 1.165) is 18.3 Å². The van der Waals surface area contributed by atoms with Crippen LogP contribution in [0.15, 0.2) is 30.6 Å². The third-order valence-electron chi connectivity index (χ3n) is 2.82. The maximum Gasteiger partial charge on any atom is 0.131 e. The van der Waals surface area contributed by atoms with E-state index in [4.69, 9.17) is 5.11 Å². The van der Waals surface area contributed by atoms with Gasteiger partial charge < -0.3 is 15.4 Å². The van der Waals surface area contributed by atoms with Crippen molar-refractivity contribution >= 4 is 0 Å². The van der Waals surface area contributed by atoms with Crippen molar-refractivity contribution in [3.8, 4) is 5.75 Å². The molecule has 5 heteroatoms. The number of hydrogen-bond donors (Lipinski definition) is 3. The number of aromatic hydroxyl groups is 1. The van der Waals surface area contributed by atoms with Gasteiger partial charge in [0.1, 0.15) is 17.4 Å². The van der Waals surface area contributed by atoms with E-state index in [1.165, 1.54) is 6.07 Å². The first-order chi connectivity index (χ1) is 8.66. The average Bonchev–Trinajstić information content (AvgIpc) is 2.81. The quantitative estimate of drug-likeness (QED) is 0.761. The fraction of sp³-hybridized carbons (Fsp3) is 0.308. The Morgan fingerprint density at radius 2 is 2.33 bits per heavy atom. The van der Waals surface area contributed by atoms with Crippen molar-refractivity contribution in [1.82, 2.24) is 15.3 Å². The van der Waals surface area contributed by atoms with Crippen LogP contribution in [0.2, 0.25) is 0 Å². The van der Waals surface area contributed by atoms with Crippen LogP contribution in [-0.2, 0) is 6.42 Å². The molecule has 0 fully saturated rings. The summed E-state index contributed by atoms with van der Waals surface area (Å²) in [6.45, 7) is 2.59. The highest BCUT2D eigenvalue weighted by atomic mass is 19.1. The normalized spacial score (nSPS) is 12.6. The van der Waals surface area contributed by atoms with Gasteiger partial charge in [0.05, 0.1) is 0 Å². The van der Waals surface area contributed by atoms with Crippen LogP contribution in [0, 0.1) is 5.82 Å². The van der Waals surface area contributed by atoms with E-state index < -0.39 is 5.82 Å². The van der Waals surface area contributed by atoms with Crippen LogP contribution in [0.1, 0.15) is 24.4 Å². The standard InChI is InChI=1S/C13H16FN3O/c1-9(11-3-2-10(18)8-12(11)14)15-5-4-13-16-6-7-17-13/h2-3,6-9,15,18H,4-5H2,1H3,(H,16,17). The molecule has 0 aliphatic carbocycles. The number of phenols is 1. The predicted molar refractivity (Wildman–Crippen MR) is 66.8 cm³/mol. The molecule has 0 saturated carbocycles. The van der Waals surface area contributed by atoms with Crippen molar-refractivity contribution in [2.24, 2.45) is 0 Å². The Bertz CT molecular complexity index is 499. The van der Waals surface area contributed by atoms with E-state index in [9.17, 15) is 4.39 Å². The first-order valence-corrected chi connectivity index (χ1v) is 5.87. The zero-order valence-electron chi connectivity index (χ0n) is 10.2. The lowest BCUT2D eigenvalue weighted by atomic mass is 10.1. The molecule has 0 saturated heterocycles. The third-order valence-corrected chi connectivity index (χ3v) is 2.82. The number of aromatic amines is 1. The number of phenolic OH excluding ortho intramolecular Hbond substituents is 1. The van der Waals surface area contributed by atoms with Gasteiger partial charge in [-0.2, -0.15) is 0 Å². The fourth-order valence-electron chi connectivity index (χ4n) is 1.82. The van der Waals surface area contributed by atoms with Crippen molar-refractivity contribution in [2.75, 3.05) is 6.54 Å². The molecule has 0 radical (unpaired) electrons. The van der Waals surface area contributed by atoms with Gasteiger partial charge >= 0.3 is 0 Å². The summed E-state index contributed by atoms with van der Waals surface area (Å²) >= 11 is 0. The van der Waals surface area contributed by atoms with Crippen molar-refractivity contribution < 1.29 is 9.50 Å². The summed E-state index contributed by atoms with van der Waals surface area (Å²) in [6.07, 6.45) is 4.24. The van der Waals surface area contributed by atoms with Gasteiger partial charge in [0, 0.05) is 43.0 Å². The van der Waals surface area contributed by atoms with Gasteiger partial charge in [0.25, 0.3) is 0 Å². The second-order valence-corrected chi connectivity index (χ2v) is 4.17. The molecule has 96 valence electrons. The van der Waals surface area contributed by atoms with Crippen molar-refractivity contribution in [3.05, 3.63) is 47.8 Å². The molecule has 1 atom stereocenters. The van der Waals surface area contributed by atoms with E-state index >= 15 is 0 Å². The van der Waals surface area contributed by atoms with Crippen LogP contribution in [0.4, 0.5) is 4.39 Å². The zero-order valence-corrected chi connectivity index (χ0v) is 10.2. The molecule has 0 spiro atoms. The SMILES string of the molecule is CC(NCCc1ncc[nH]1)c1ccc(O)cc1F. The molecule has 1 unspecified atom stereocenters. The van der Waals surface area contributed by atoms with Crippen LogP contribution in [0.25, 0.3) is 0 Å². The Labute approximate surface area is 105 Å². The average molecular weight is 249 g/mol. The highest BCUT2D eigenvalue weighted by Gasteiger charge is 2.10. The summed E-state index contributed by atoms with van der Waals surface area (Å²) in [4.78, 5) is 7.12. The van der Waals surface area contributed by atoms with Gasteiger partial charge in [-0.05, 0) is 13.0 Å². The largest absolute Gasteiger partial charge is 0.508 e. The minimum Gasteiger partial charge on any atom is -0.508 e. The van der Waals surface area contributed by atoms with Crippen LogP contribution in [-0.4, -0.2) is 21.6 Å². The first-order valence-electron chi connectivity index (χ1n) is 5.87. The molecule has 2 aromatic rings. The number of nitrogens with one attached hydrogen (secondary N) is 2. The van der Waals surface area contributed by atoms with Crippen molar-refractivity contribution in [3.63, 3.8) is 0 Å². The maximum absolute atomic E-state index is 13.6. The maximum atomic E-state index is 13.6. The Morgan fingerprint density at radius 3 is 3.00 bits per heavy atom. The van der Waals surface area contributed by atoms with Gasteiger partial charge in [0.2, 0.25) is 0 Å². The van der Waals surface area contributed by atoms with Gasteiger partial charge in [-0.15, -0.1) is 0 Å². The third kappa shape index (κ3) is 3.07. The monoisotopic (exact) mass is 249 g/mol.